The van der Waals surface area contributed by atoms with Gasteiger partial charge in [0.2, 0.25) is 0 Å². The quantitative estimate of drug-likeness (QED) is 0.349. The highest BCUT2D eigenvalue weighted by Gasteiger charge is 2.36. The highest BCUT2D eigenvalue weighted by molar-refractivity contribution is 5.86. The summed E-state index contributed by atoms with van der Waals surface area (Å²) in [4.78, 5) is 24.8. The van der Waals surface area contributed by atoms with Crippen LogP contribution in [-0.4, -0.2) is 40.8 Å². The van der Waals surface area contributed by atoms with Crippen LogP contribution < -0.4 is 5.73 Å². The number of carbonyl (C=O) groups excluding carboxylic acids is 2. The lowest BCUT2D eigenvalue weighted by atomic mass is 9.89. The van der Waals surface area contributed by atoms with Crippen LogP contribution in [0.25, 0.3) is 0 Å². The fraction of sp³-hybridized carbons (Fsp3) is 0.900. The minimum atomic E-state index is -1.03. The molecule has 0 aliphatic heterocycles. The van der Waals surface area contributed by atoms with Crippen molar-refractivity contribution in [2.75, 3.05) is 6.61 Å². The van der Waals surface area contributed by atoms with Gasteiger partial charge >= 0.3 is 5.97 Å². The molecule has 0 heterocycles. The van der Waals surface area contributed by atoms with Crippen LogP contribution in [0.2, 0.25) is 0 Å². The van der Waals surface area contributed by atoms with Gasteiger partial charge in [0.15, 0.2) is 6.04 Å². The van der Waals surface area contributed by atoms with Crippen LogP contribution in [0.4, 0.5) is 0 Å². The molecule has 0 spiro atoms. The van der Waals surface area contributed by atoms with E-state index in [2.05, 4.69) is 6.92 Å². The van der Waals surface area contributed by atoms with E-state index in [0.29, 0.717) is 17.4 Å². The molecule has 1 aliphatic rings. The summed E-state index contributed by atoms with van der Waals surface area (Å²) < 4.78 is 5.21. The smallest absolute Gasteiger partial charge is 0.331 e. The highest BCUT2D eigenvalue weighted by Crippen LogP contribution is 2.31. The molecule has 1 amide bonds. The van der Waals surface area contributed by atoms with E-state index < -0.39 is 24.0 Å². The maximum absolute atomic E-state index is 12.5. The molecule has 0 saturated heterocycles. The van der Waals surface area contributed by atoms with E-state index in [0.717, 1.165) is 12.3 Å². The lowest BCUT2D eigenvalue weighted by molar-refractivity contribution is -0.194. The molecule has 6 heteroatoms. The van der Waals surface area contributed by atoms with Crippen LogP contribution in [0.1, 0.15) is 73.1 Å². The van der Waals surface area contributed by atoms with Crippen molar-refractivity contribution in [3.63, 3.8) is 0 Å². The molecule has 0 radical (unpaired) electrons. The molecular formula is C20H38N2O4. The molecule has 0 bridgehead atoms. The third-order valence-corrected chi connectivity index (χ3v) is 5.11. The molecule has 3 atom stereocenters. The van der Waals surface area contributed by atoms with E-state index >= 15 is 0 Å². The van der Waals surface area contributed by atoms with Crippen molar-refractivity contribution in [2.45, 2.75) is 85.2 Å². The zero-order chi connectivity index (χ0) is 19.9. The van der Waals surface area contributed by atoms with Gasteiger partial charge in [-0.05, 0) is 36.5 Å². The van der Waals surface area contributed by atoms with Crippen molar-refractivity contribution in [2.24, 2.45) is 29.4 Å². The van der Waals surface area contributed by atoms with Crippen molar-refractivity contribution >= 4 is 11.9 Å². The molecule has 0 aromatic rings. The van der Waals surface area contributed by atoms with Crippen LogP contribution in [0.5, 0.6) is 0 Å². The second-order valence-electron chi connectivity index (χ2n) is 8.73. The van der Waals surface area contributed by atoms with E-state index in [1.54, 1.807) is 13.8 Å². The molecule has 26 heavy (non-hydrogen) atoms. The Balaban J connectivity index is 2.60. The number of hydrogen-bond acceptors (Lipinski definition) is 5. The van der Waals surface area contributed by atoms with Crippen LogP contribution in [0.15, 0.2) is 0 Å². The molecule has 1 aliphatic carbocycles. The number of nitrogens with zero attached hydrogens (tertiary/aromatic N) is 1. The van der Waals surface area contributed by atoms with Crippen LogP contribution in [0, 0.1) is 23.7 Å². The van der Waals surface area contributed by atoms with Crippen LogP contribution in [-0.2, 0) is 14.3 Å². The normalized spacial score (nSPS) is 18.8. The molecule has 1 unspecified atom stereocenters. The third-order valence-electron chi connectivity index (χ3n) is 5.11. The summed E-state index contributed by atoms with van der Waals surface area (Å²) in [5, 5.41) is 10.9. The summed E-state index contributed by atoms with van der Waals surface area (Å²) in [5.74, 6) is -0.234. The maximum Gasteiger partial charge on any atom is 0.331 e. The van der Waals surface area contributed by atoms with Crippen LogP contribution in [0.3, 0.4) is 0 Å². The Labute approximate surface area is 158 Å². The summed E-state index contributed by atoms with van der Waals surface area (Å²) in [6.45, 7) is 9.76. The van der Waals surface area contributed by atoms with Crippen molar-refractivity contribution in [3.05, 3.63) is 0 Å². The number of nitrogens with two attached hydrogens (primary N) is 1. The van der Waals surface area contributed by atoms with Gasteiger partial charge in [-0.1, -0.05) is 60.3 Å². The molecule has 1 rings (SSSR count). The van der Waals surface area contributed by atoms with Gasteiger partial charge in [0.25, 0.3) is 5.91 Å². The molecule has 152 valence electrons. The largest absolute Gasteiger partial charge is 0.464 e. The molecule has 0 aromatic carbocycles. The Hall–Kier alpha value is -1.14. The van der Waals surface area contributed by atoms with E-state index in [1.165, 1.54) is 25.7 Å². The van der Waals surface area contributed by atoms with Gasteiger partial charge in [-0.3, -0.25) is 10.0 Å². The van der Waals surface area contributed by atoms with Crippen molar-refractivity contribution < 1.29 is 19.5 Å². The first-order valence-corrected chi connectivity index (χ1v) is 10.1. The fourth-order valence-corrected chi connectivity index (χ4v) is 3.74. The van der Waals surface area contributed by atoms with Crippen molar-refractivity contribution in [3.8, 4) is 0 Å². The van der Waals surface area contributed by atoms with Gasteiger partial charge in [0.1, 0.15) is 0 Å². The Bertz CT molecular complexity index is 447. The minimum absolute atomic E-state index is 0.188. The van der Waals surface area contributed by atoms with Gasteiger partial charge in [0.05, 0.1) is 12.6 Å². The topological polar surface area (TPSA) is 92.9 Å². The Kier molecular flexibility index (Phi) is 9.58. The third kappa shape index (κ3) is 7.23. The first kappa shape index (κ1) is 22.9. The summed E-state index contributed by atoms with van der Waals surface area (Å²) in [6, 6.07) is -1.84. The monoisotopic (exact) mass is 370 g/mol. The minimum Gasteiger partial charge on any atom is -0.464 e. The number of esters is 1. The number of carbonyl (C=O) groups is 2. The molecular weight excluding hydrogens is 332 g/mol. The maximum atomic E-state index is 12.5. The van der Waals surface area contributed by atoms with Gasteiger partial charge in [-0.25, -0.2) is 9.86 Å². The molecule has 0 aromatic heterocycles. The lowest BCUT2D eigenvalue weighted by Gasteiger charge is -2.30. The van der Waals surface area contributed by atoms with Crippen molar-refractivity contribution in [1.82, 2.24) is 5.06 Å². The van der Waals surface area contributed by atoms with Crippen molar-refractivity contribution in [1.29, 1.82) is 0 Å². The number of hydroxylamine groups is 2. The summed E-state index contributed by atoms with van der Waals surface area (Å²) in [7, 11) is 0. The average molecular weight is 371 g/mol. The lowest BCUT2D eigenvalue weighted by Crippen LogP contribution is -2.52. The molecule has 6 nitrogen and oxygen atoms in total. The predicted octanol–water partition coefficient (Wildman–Crippen LogP) is 3.36. The first-order chi connectivity index (χ1) is 12.1. The van der Waals surface area contributed by atoms with Gasteiger partial charge in [0, 0.05) is 0 Å². The average Bonchev–Trinajstić information content (AvgIpc) is 3.04. The SMILES string of the molecule is CC(C)COC(=O)[C@H](C(C)C)N(O)C(=O)[C@@H](N)CC(C)CC1CCCC1. The van der Waals surface area contributed by atoms with Gasteiger partial charge < -0.3 is 10.5 Å². The Morgan fingerprint density at radius 1 is 1.15 bits per heavy atom. The van der Waals surface area contributed by atoms with E-state index in [9.17, 15) is 14.8 Å². The molecule has 1 saturated carbocycles. The predicted molar refractivity (Wildman–Crippen MR) is 101 cm³/mol. The van der Waals surface area contributed by atoms with Gasteiger partial charge in [-0.15, -0.1) is 0 Å². The summed E-state index contributed by atoms with van der Waals surface area (Å²) in [6.07, 6.45) is 6.69. The number of ether oxygens (including phenoxy) is 1. The standard InChI is InChI=1S/C20H38N2O4/c1-13(2)12-26-20(24)18(14(3)4)22(25)19(23)17(21)11-15(5)10-16-8-6-7-9-16/h13-18,25H,6-12,21H2,1-5H3/t15?,17-,18-/m0/s1. The van der Waals surface area contributed by atoms with E-state index in [-0.39, 0.29) is 18.4 Å². The van der Waals surface area contributed by atoms with Crippen LogP contribution >= 0.6 is 0 Å². The summed E-state index contributed by atoms with van der Waals surface area (Å²) in [5.41, 5.74) is 6.05. The molecule has 1 fully saturated rings. The molecule has 3 N–H and O–H groups in total. The number of hydrogen-bond donors (Lipinski definition) is 2. The highest BCUT2D eigenvalue weighted by atomic mass is 16.6. The Morgan fingerprint density at radius 2 is 1.73 bits per heavy atom. The zero-order valence-corrected chi connectivity index (χ0v) is 17.1. The van der Waals surface area contributed by atoms with E-state index in [1.807, 2.05) is 13.8 Å². The fourth-order valence-electron chi connectivity index (χ4n) is 3.74. The Morgan fingerprint density at radius 3 is 2.23 bits per heavy atom. The second-order valence-corrected chi connectivity index (χ2v) is 8.73. The number of amides is 1. The van der Waals surface area contributed by atoms with Gasteiger partial charge in [-0.2, -0.15) is 0 Å². The van der Waals surface area contributed by atoms with E-state index in [4.69, 9.17) is 10.5 Å². The first-order valence-electron chi connectivity index (χ1n) is 10.1. The second kappa shape index (κ2) is 10.9. The zero-order valence-electron chi connectivity index (χ0n) is 17.1. The summed E-state index contributed by atoms with van der Waals surface area (Å²) >= 11 is 0. The number of rotatable bonds is 10.